The minimum Gasteiger partial charge on any atom is -0.324 e. The van der Waals surface area contributed by atoms with Gasteiger partial charge in [-0.1, -0.05) is 38.2 Å². The first kappa shape index (κ1) is 20.9. The maximum Gasteiger partial charge on any atom is 0.291 e. The van der Waals surface area contributed by atoms with Crippen LogP contribution in [0.4, 0.5) is 10.1 Å². The zero-order chi connectivity index (χ0) is 20.9. The van der Waals surface area contributed by atoms with Crippen molar-refractivity contribution in [2.45, 2.75) is 83.1 Å². The van der Waals surface area contributed by atoms with Gasteiger partial charge in [0.1, 0.15) is 5.82 Å². The fourth-order valence-corrected chi connectivity index (χ4v) is 5.00. The van der Waals surface area contributed by atoms with Crippen molar-refractivity contribution in [1.29, 1.82) is 0 Å². The molecule has 1 fully saturated rings. The molecule has 1 unspecified atom stereocenters. The molecule has 6 heteroatoms. The van der Waals surface area contributed by atoms with E-state index in [-0.39, 0.29) is 23.5 Å². The SMILES string of the molecule is O=C(CCC1CCCCC1)Nc1cc(CC2N=NC(=O)C3=C2CCCC3)ccc1F. The number of amides is 2. The minimum atomic E-state index is -0.428. The zero-order valence-corrected chi connectivity index (χ0v) is 17.5. The Morgan fingerprint density at radius 3 is 2.73 bits per heavy atom. The first-order valence-corrected chi connectivity index (χ1v) is 11.4. The van der Waals surface area contributed by atoms with Crippen LogP contribution in [0, 0.1) is 11.7 Å². The minimum absolute atomic E-state index is 0.128. The standard InChI is InChI=1S/C24H30FN3O2/c25-20-12-10-17(14-21-18-8-4-5-9-19(18)24(30)28-27-21)15-22(20)26-23(29)13-11-16-6-2-1-3-7-16/h10,12,15-16,21H,1-9,11,13-14H2,(H,26,29). The molecule has 1 heterocycles. The van der Waals surface area contributed by atoms with Crippen molar-refractivity contribution in [3.63, 3.8) is 0 Å². The molecule has 0 spiro atoms. The summed E-state index contributed by atoms with van der Waals surface area (Å²) < 4.78 is 14.3. The lowest BCUT2D eigenvalue weighted by atomic mass is 9.84. The van der Waals surface area contributed by atoms with E-state index in [4.69, 9.17) is 0 Å². The first-order chi connectivity index (χ1) is 14.6. The summed E-state index contributed by atoms with van der Waals surface area (Å²) in [6, 6.07) is 4.65. The highest BCUT2D eigenvalue weighted by Gasteiger charge is 2.29. The van der Waals surface area contributed by atoms with E-state index >= 15 is 0 Å². The summed E-state index contributed by atoms with van der Waals surface area (Å²) in [4.78, 5) is 24.4. The molecule has 1 N–H and O–H groups in total. The van der Waals surface area contributed by atoms with Gasteiger partial charge in [-0.15, -0.1) is 5.11 Å². The largest absolute Gasteiger partial charge is 0.324 e. The quantitative estimate of drug-likeness (QED) is 0.633. The molecule has 1 aliphatic heterocycles. The highest BCUT2D eigenvalue weighted by atomic mass is 19.1. The van der Waals surface area contributed by atoms with Crippen molar-refractivity contribution < 1.29 is 14.0 Å². The van der Waals surface area contributed by atoms with E-state index in [0.717, 1.165) is 48.8 Å². The Kier molecular flexibility index (Phi) is 6.70. The smallest absolute Gasteiger partial charge is 0.291 e. The molecule has 0 aromatic heterocycles. The number of halogens is 1. The third kappa shape index (κ3) is 5.02. The molecular weight excluding hydrogens is 381 g/mol. The third-order valence-electron chi connectivity index (χ3n) is 6.70. The molecule has 1 atom stereocenters. The van der Waals surface area contributed by atoms with Crippen LogP contribution >= 0.6 is 0 Å². The third-order valence-corrected chi connectivity index (χ3v) is 6.70. The van der Waals surface area contributed by atoms with Crippen LogP contribution in [0.25, 0.3) is 0 Å². The van der Waals surface area contributed by atoms with Gasteiger partial charge in [-0.3, -0.25) is 9.59 Å². The lowest BCUT2D eigenvalue weighted by molar-refractivity contribution is -0.117. The van der Waals surface area contributed by atoms with Crippen molar-refractivity contribution in [3.05, 3.63) is 40.7 Å². The fraction of sp³-hybridized carbons (Fsp3) is 0.583. The maximum absolute atomic E-state index is 14.3. The fourth-order valence-electron chi connectivity index (χ4n) is 5.00. The van der Waals surface area contributed by atoms with Crippen LogP contribution in [-0.2, 0) is 16.0 Å². The van der Waals surface area contributed by atoms with Gasteiger partial charge in [0.25, 0.3) is 5.91 Å². The summed E-state index contributed by atoms with van der Waals surface area (Å²) in [5.74, 6) is -0.136. The van der Waals surface area contributed by atoms with Gasteiger partial charge in [0.05, 0.1) is 11.7 Å². The highest BCUT2D eigenvalue weighted by molar-refractivity contribution is 5.95. The zero-order valence-electron chi connectivity index (χ0n) is 17.5. The molecule has 2 amide bonds. The molecular formula is C24H30FN3O2. The van der Waals surface area contributed by atoms with Crippen LogP contribution in [0.5, 0.6) is 0 Å². The molecule has 30 heavy (non-hydrogen) atoms. The number of nitrogens with one attached hydrogen (secondary N) is 1. The van der Waals surface area contributed by atoms with Crippen molar-refractivity contribution in [3.8, 4) is 0 Å². The Bertz CT molecular complexity index is 871. The number of carbonyl (C=O) groups is 2. The van der Waals surface area contributed by atoms with E-state index in [1.54, 1.807) is 12.1 Å². The molecule has 2 aliphatic carbocycles. The summed E-state index contributed by atoms with van der Waals surface area (Å²) in [5.41, 5.74) is 3.01. The topological polar surface area (TPSA) is 70.9 Å². The molecule has 0 radical (unpaired) electrons. The Morgan fingerprint density at radius 2 is 1.90 bits per heavy atom. The average molecular weight is 412 g/mol. The molecule has 4 rings (SSSR count). The summed E-state index contributed by atoms with van der Waals surface area (Å²) in [6.45, 7) is 0. The van der Waals surface area contributed by atoms with Gasteiger partial charge in [0.2, 0.25) is 5.91 Å². The van der Waals surface area contributed by atoms with Gasteiger partial charge in [0, 0.05) is 18.4 Å². The van der Waals surface area contributed by atoms with Gasteiger partial charge in [-0.25, -0.2) is 4.39 Å². The first-order valence-electron chi connectivity index (χ1n) is 11.4. The highest BCUT2D eigenvalue weighted by Crippen LogP contribution is 2.34. The van der Waals surface area contributed by atoms with E-state index in [2.05, 4.69) is 15.5 Å². The van der Waals surface area contributed by atoms with Crippen molar-refractivity contribution in [2.24, 2.45) is 16.1 Å². The van der Waals surface area contributed by atoms with Crippen molar-refractivity contribution >= 4 is 17.5 Å². The number of carbonyl (C=O) groups excluding carboxylic acids is 2. The van der Waals surface area contributed by atoms with Crippen molar-refractivity contribution in [2.75, 3.05) is 5.32 Å². The van der Waals surface area contributed by atoms with E-state index in [1.807, 2.05) is 0 Å². The number of azo groups is 1. The monoisotopic (exact) mass is 411 g/mol. The molecule has 1 aromatic rings. The number of nitrogens with zero attached hydrogens (tertiary/aromatic N) is 2. The van der Waals surface area contributed by atoms with Gasteiger partial charge >= 0.3 is 0 Å². The Balaban J connectivity index is 1.39. The van der Waals surface area contributed by atoms with Gasteiger partial charge in [0.15, 0.2) is 0 Å². The molecule has 160 valence electrons. The number of hydrogen-bond acceptors (Lipinski definition) is 3. The Labute approximate surface area is 177 Å². The van der Waals surface area contributed by atoms with Crippen molar-refractivity contribution in [1.82, 2.24) is 0 Å². The second-order valence-corrected chi connectivity index (χ2v) is 8.86. The molecule has 3 aliphatic rings. The van der Waals surface area contributed by atoms with Gasteiger partial charge in [-0.2, -0.15) is 5.11 Å². The lowest BCUT2D eigenvalue weighted by Gasteiger charge is -2.26. The summed E-state index contributed by atoms with van der Waals surface area (Å²) >= 11 is 0. The maximum atomic E-state index is 14.3. The van der Waals surface area contributed by atoms with E-state index in [9.17, 15) is 14.0 Å². The number of hydrogen-bond donors (Lipinski definition) is 1. The number of benzene rings is 1. The lowest BCUT2D eigenvalue weighted by Crippen LogP contribution is -2.23. The molecule has 5 nitrogen and oxygen atoms in total. The van der Waals surface area contributed by atoms with Crippen LogP contribution < -0.4 is 5.32 Å². The number of anilines is 1. The normalized spacial score (nSPS) is 22.2. The second kappa shape index (κ2) is 9.63. The predicted octanol–water partition coefficient (Wildman–Crippen LogP) is 5.90. The van der Waals surface area contributed by atoms with Crippen LogP contribution in [0.2, 0.25) is 0 Å². The summed E-state index contributed by atoms with van der Waals surface area (Å²) in [6.07, 6.45) is 11.8. The Morgan fingerprint density at radius 1 is 1.10 bits per heavy atom. The molecule has 0 bridgehead atoms. The van der Waals surface area contributed by atoms with E-state index in [0.29, 0.717) is 18.8 Å². The van der Waals surface area contributed by atoms with E-state index < -0.39 is 5.82 Å². The van der Waals surface area contributed by atoms with E-state index in [1.165, 1.54) is 38.2 Å². The average Bonchev–Trinajstić information content (AvgIpc) is 2.77. The summed E-state index contributed by atoms with van der Waals surface area (Å²) in [5, 5.41) is 10.8. The molecule has 1 aromatic carbocycles. The molecule has 0 saturated heterocycles. The Hall–Kier alpha value is -2.37. The van der Waals surface area contributed by atoms with Crippen LogP contribution in [0.3, 0.4) is 0 Å². The second-order valence-electron chi connectivity index (χ2n) is 8.86. The summed E-state index contributed by atoms with van der Waals surface area (Å²) in [7, 11) is 0. The number of rotatable bonds is 6. The predicted molar refractivity (Wildman–Crippen MR) is 114 cm³/mol. The van der Waals surface area contributed by atoms with Gasteiger partial charge in [-0.05, 0) is 61.3 Å². The van der Waals surface area contributed by atoms with Gasteiger partial charge < -0.3 is 5.32 Å². The van der Waals surface area contributed by atoms with Crippen LogP contribution in [0.15, 0.2) is 39.6 Å². The molecule has 1 saturated carbocycles. The van der Waals surface area contributed by atoms with Crippen LogP contribution in [-0.4, -0.2) is 17.9 Å². The van der Waals surface area contributed by atoms with Crippen LogP contribution in [0.1, 0.15) is 76.2 Å².